The smallest absolute Gasteiger partial charge is 0.349 e. The number of nitrogens with zero attached hydrogens (tertiary/aromatic N) is 3. The summed E-state index contributed by atoms with van der Waals surface area (Å²) in [5.74, 6) is 1.24. The highest BCUT2D eigenvalue weighted by atomic mass is 19.4. The summed E-state index contributed by atoms with van der Waals surface area (Å²) in [4.78, 5) is 11.3. The van der Waals surface area contributed by atoms with E-state index >= 15 is 0 Å². The second-order valence-corrected chi connectivity index (χ2v) is 5.05. The molecule has 0 unspecified atom stereocenters. The highest BCUT2D eigenvalue weighted by molar-refractivity contribution is 5.75. The van der Waals surface area contributed by atoms with E-state index in [0.29, 0.717) is 11.7 Å². The van der Waals surface area contributed by atoms with Gasteiger partial charge in [-0.1, -0.05) is 6.42 Å². The minimum Gasteiger partial charge on any atom is -0.349 e. The van der Waals surface area contributed by atoms with Crippen LogP contribution in [0.25, 0.3) is 0 Å². The van der Waals surface area contributed by atoms with Gasteiger partial charge in [0.1, 0.15) is 5.82 Å². The van der Waals surface area contributed by atoms with Gasteiger partial charge in [-0.2, -0.15) is 13.2 Å². The first kappa shape index (κ1) is 14.8. The molecule has 0 aliphatic heterocycles. The van der Waals surface area contributed by atoms with E-state index in [2.05, 4.69) is 15.5 Å². The second-order valence-electron chi connectivity index (χ2n) is 5.05. The lowest BCUT2D eigenvalue weighted by Crippen LogP contribution is -2.26. The van der Waals surface area contributed by atoms with Crippen LogP contribution in [0.4, 0.5) is 13.2 Å². The van der Waals surface area contributed by atoms with Gasteiger partial charge >= 0.3 is 6.18 Å². The third-order valence-electron chi connectivity index (χ3n) is 3.55. The van der Waals surface area contributed by atoms with E-state index in [1.165, 1.54) is 6.42 Å². The third-order valence-corrected chi connectivity index (χ3v) is 3.55. The summed E-state index contributed by atoms with van der Waals surface area (Å²) in [5, 5.41) is 10.5. The SMILES string of the molecule is Cn1c(CNC(=O)CCC(F)(F)F)nnc1C1CCC1. The molecule has 0 bridgehead atoms. The van der Waals surface area contributed by atoms with Gasteiger partial charge in [0.25, 0.3) is 0 Å². The fourth-order valence-corrected chi connectivity index (χ4v) is 2.07. The number of nitrogens with one attached hydrogen (secondary N) is 1. The quantitative estimate of drug-likeness (QED) is 0.902. The fourth-order valence-electron chi connectivity index (χ4n) is 2.07. The molecule has 1 amide bonds. The van der Waals surface area contributed by atoms with Crippen molar-refractivity contribution in [2.24, 2.45) is 7.05 Å². The van der Waals surface area contributed by atoms with Crippen LogP contribution >= 0.6 is 0 Å². The Kier molecular flexibility index (Phi) is 4.29. The molecule has 8 heteroatoms. The third kappa shape index (κ3) is 3.71. The van der Waals surface area contributed by atoms with Crippen LogP contribution in [0.3, 0.4) is 0 Å². The molecule has 0 atom stereocenters. The van der Waals surface area contributed by atoms with E-state index in [1.54, 1.807) is 0 Å². The lowest BCUT2D eigenvalue weighted by Gasteiger charge is -2.24. The molecule has 1 saturated carbocycles. The van der Waals surface area contributed by atoms with Crippen LogP contribution in [0, 0.1) is 0 Å². The van der Waals surface area contributed by atoms with E-state index in [9.17, 15) is 18.0 Å². The normalized spacial score (nSPS) is 16.0. The molecule has 1 fully saturated rings. The molecule has 2 rings (SSSR count). The summed E-state index contributed by atoms with van der Waals surface area (Å²) in [6.45, 7) is 0.104. The number of aromatic nitrogens is 3. The van der Waals surface area contributed by atoms with Crippen LogP contribution in [-0.2, 0) is 18.4 Å². The van der Waals surface area contributed by atoms with Crippen molar-refractivity contribution in [2.75, 3.05) is 0 Å². The molecule has 0 aromatic carbocycles. The predicted octanol–water partition coefficient (Wildman–Crippen LogP) is 2.04. The van der Waals surface area contributed by atoms with Crippen LogP contribution in [0.5, 0.6) is 0 Å². The standard InChI is InChI=1S/C12H17F3N4O/c1-19-9(17-18-11(19)8-3-2-4-8)7-16-10(20)5-6-12(13,14)15/h8H,2-7H2,1H3,(H,16,20). The molecule has 112 valence electrons. The van der Waals surface area contributed by atoms with Crippen LogP contribution in [0.1, 0.15) is 49.7 Å². The first-order chi connectivity index (χ1) is 9.37. The van der Waals surface area contributed by atoms with Gasteiger partial charge in [0, 0.05) is 19.4 Å². The van der Waals surface area contributed by atoms with Gasteiger partial charge in [-0.05, 0) is 12.8 Å². The van der Waals surface area contributed by atoms with Crippen molar-refractivity contribution in [1.29, 1.82) is 0 Å². The van der Waals surface area contributed by atoms with Gasteiger partial charge in [0.15, 0.2) is 5.82 Å². The zero-order valence-corrected chi connectivity index (χ0v) is 11.2. The number of hydrogen-bond donors (Lipinski definition) is 1. The fraction of sp³-hybridized carbons (Fsp3) is 0.750. The van der Waals surface area contributed by atoms with Crippen LogP contribution in [-0.4, -0.2) is 26.8 Å². The maximum absolute atomic E-state index is 12.0. The van der Waals surface area contributed by atoms with Gasteiger partial charge in [0.2, 0.25) is 5.91 Å². The highest BCUT2D eigenvalue weighted by Gasteiger charge is 2.28. The molecule has 1 aliphatic rings. The van der Waals surface area contributed by atoms with Crippen LogP contribution < -0.4 is 5.32 Å². The number of halogens is 3. The van der Waals surface area contributed by atoms with Crippen molar-refractivity contribution >= 4 is 5.91 Å². The average Bonchev–Trinajstić information content (AvgIpc) is 2.63. The lowest BCUT2D eigenvalue weighted by atomic mass is 9.85. The molecular formula is C12H17F3N4O. The molecule has 1 aromatic heterocycles. The number of carbonyl (C=O) groups is 1. The molecule has 1 aliphatic carbocycles. The van der Waals surface area contributed by atoms with E-state index in [0.717, 1.165) is 18.7 Å². The molecule has 5 nitrogen and oxygen atoms in total. The van der Waals surface area contributed by atoms with Crippen molar-refractivity contribution in [1.82, 2.24) is 20.1 Å². The summed E-state index contributed by atoms with van der Waals surface area (Å²) in [5.41, 5.74) is 0. The topological polar surface area (TPSA) is 59.8 Å². The van der Waals surface area contributed by atoms with Gasteiger partial charge in [-0.25, -0.2) is 0 Å². The van der Waals surface area contributed by atoms with Gasteiger partial charge in [0.05, 0.1) is 13.0 Å². The minimum atomic E-state index is -4.31. The number of carbonyl (C=O) groups excluding carboxylic acids is 1. The Hall–Kier alpha value is -1.60. The first-order valence-corrected chi connectivity index (χ1v) is 6.58. The zero-order valence-electron chi connectivity index (χ0n) is 11.2. The summed E-state index contributed by atoms with van der Waals surface area (Å²) in [7, 11) is 1.81. The maximum Gasteiger partial charge on any atom is 0.389 e. The molecule has 0 saturated heterocycles. The van der Waals surface area contributed by atoms with Crippen molar-refractivity contribution < 1.29 is 18.0 Å². The van der Waals surface area contributed by atoms with Gasteiger partial charge < -0.3 is 9.88 Å². The largest absolute Gasteiger partial charge is 0.389 e. The molecule has 1 N–H and O–H groups in total. The number of hydrogen-bond acceptors (Lipinski definition) is 3. The van der Waals surface area contributed by atoms with E-state index in [4.69, 9.17) is 0 Å². The van der Waals surface area contributed by atoms with Crippen molar-refractivity contribution in [2.45, 2.75) is 50.7 Å². The summed E-state index contributed by atoms with van der Waals surface area (Å²) in [6, 6.07) is 0. The Labute approximate surface area is 114 Å². The predicted molar refractivity (Wildman–Crippen MR) is 64.7 cm³/mol. The molecular weight excluding hydrogens is 273 g/mol. The Morgan fingerprint density at radius 2 is 2.10 bits per heavy atom. The van der Waals surface area contributed by atoms with Crippen molar-refractivity contribution in [3.8, 4) is 0 Å². The summed E-state index contributed by atoms with van der Waals surface area (Å²) < 4.78 is 37.7. The highest BCUT2D eigenvalue weighted by Crippen LogP contribution is 2.35. The molecule has 0 radical (unpaired) electrons. The Morgan fingerprint density at radius 1 is 1.40 bits per heavy atom. The molecule has 1 aromatic rings. The monoisotopic (exact) mass is 290 g/mol. The molecule has 1 heterocycles. The first-order valence-electron chi connectivity index (χ1n) is 6.58. The zero-order chi connectivity index (χ0) is 14.8. The van der Waals surface area contributed by atoms with Crippen LogP contribution in [0.15, 0.2) is 0 Å². The van der Waals surface area contributed by atoms with Crippen LogP contribution in [0.2, 0.25) is 0 Å². The van der Waals surface area contributed by atoms with E-state index < -0.39 is 24.9 Å². The lowest BCUT2D eigenvalue weighted by molar-refractivity contribution is -0.144. The molecule has 20 heavy (non-hydrogen) atoms. The summed E-state index contributed by atoms with van der Waals surface area (Å²) >= 11 is 0. The Bertz CT molecular complexity index is 480. The van der Waals surface area contributed by atoms with Crippen molar-refractivity contribution in [3.05, 3.63) is 11.6 Å². The second kappa shape index (κ2) is 5.80. The van der Waals surface area contributed by atoms with Gasteiger partial charge in [-0.3, -0.25) is 4.79 Å². The van der Waals surface area contributed by atoms with Crippen molar-refractivity contribution in [3.63, 3.8) is 0 Å². The minimum absolute atomic E-state index is 0.104. The Balaban J connectivity index is 1.82. The molecule has 0 spiro atoms. The van der Waals surface area contributed by atoms with E-state index in [-0.39, 0.29) is 6.54 Å². The number of alkyl halides is 3. The Morgan fingerprint density at radius 3 is 2.65 bits per heavy atom. The van der Waals surface area contributed by atoms with E-state index in [1.807, 2.05) is 11.6 Å². The number of amides is 1. The summed E-state index contributed by atoms with van der Waals surface area (Å²) in [6.07, 6.45) is -2.61. The number of rotatable bonds is 5. The maximum atomic E-state index is 12.0. The van der Waals surface area contributed by atoms with Gasteiger partial charge in [-0.15, -0.1) is 10.2 Å². The average molecular weight is 290 g/mol.